The Kier molecular flexibility index (Phi) is 5.17. The summed E-state index contributed by atoms with van der Waals surface area (Å²) < 4.78 is 17.0. The molecule has 0 atom stereocenters. The lowest BCUT2D eigenvalue weighted by molar-refractivity contribution is 0.106. The summed E-state index contributed by atoms with van der Waals surface area (Å²) in [5.41, 5.74) is 2.08. The molecule has 0 bridgehead atoms. The lowest BCUT2D eigenvalue weighted by Crippen LogP contribution is -2.48. The summed E-state index contributed by atoms with van der Waals surface area (Å²) in [5.74, 6) is 0. The van der Waals surface area contributed by atoms with Crippen LogP contribution in [0.5, 0.6) is 0 Å². The topological polar surface area (TPSA) is 53.0 Å². The first-order chi connectivity index (χ1) is 9.70. The normalized spacial score (nSPS) is 15.4. The number of ether oxygens (including phenoxy) is 1. The van der Waals surface area contributed by atoms with E-state index >= 15 is 0 Å². The monoisotopic (exact) mass is 282 g/mol. The molecule has 0 aliphatic carbocycles. The molecule has 1 fully saturated rings. The van der Waals surface area contributed by atoms with Crippen molar-refractivity contribution in [1.29, 1.82) is 0 Å². The fourth-order valence-electron chi connectivity index (χ4n) is 2.20. The van der Waals surface area contributed by atoms with E-state index in [0.717, 1.165) is 11.3 Å². The quantitative estimate of drug-likeness (QED) is 0.839. The van der Waals surface area contributed by atoms with Gasteiger partial charge in [0.2, 0.25) is 0 Å². The van der Waals surface area contributed by atoms with E-state index in [1.54, 1.807) is 0 Å². The van der Waals surface area contributed by atoms with Crippen LogP contribution in [-0.2, 0) is 11.3 Å². The summed E-state index contributed by atoms with van der Waals surface area (Å²) in [7, 11) is 0. The molecular formula is C14H19FN2O3. The fraction of sp³-hybridized carbons (Fsp3) is 0.500. The number of amides is 1. The summed E-state index contributed by atoms with van der Waals surface area (Å²) in [4.78, 5) is 14.4. The second kappa shape index (κ2) is 7.09. The molecule has 5 nitrogen and oxygen atoms in total. The summed E-state index contributed by atoms with van der Waals surface area (Å²) in [5, 5.41) is 8.90. The van der Waals surface area contributed by atoms with Gasteiger partial charge in [-0.1, -0.05) is 12.1 Å². The molecule has 0 spiro atoms. The van der Waals surface area contributed by atoms with Gasteiger partial charge in [0.25, 0.3) is 0 Å². The number of piperazine rings is 1. The third-order valence-corrected chi connectivity index (χ3v) is 3.34. The second-order valence-electron chi connectivity index (χ2n) is 4.66. The van der Waals surface area contributed by atoms with Crippen LogP contribution in [0.2, 0.25) is 0 Å². The Morgan fingerprint density at radius 1 is 1.20 bits per heavy atom. The van der Waals surface area contributed by atoms with E-state index in [0.29, 0.717) is 32.8 Å². The highest BCUT2D eigenvalue weighted by atomic mass is 19.1. The fourth-order valence-corrected chi connectivity index (χ4v) is 2.20. The molecule has 0 radical (unpaired) electrons. The minimum atomic E-state index is -0.856. The minimum Gasteiger partial charge on any atom is -0.465 e. The Balaban J connectivity index is 1.86. The number of alkyl halides is 1. The zero-order chi connectivity index (χ0) is 14.4. The number of benzene rings is 1. The van der Waals surface area contributed by atoms with Crippen molar-refractivity contribution in [2.45, 2.75) is 6.61 Å². The molecule has 1 aliphatic rings. The largest absolute Gasteiger partial charge is 0.465 e. The maximum Gasteiger partial charge on any atom is 0.407 e. The number of carbonyl (C=O) groups is 1. The van der Waals surface area contributed by atoms with Gasteiger partial charge in [0.15, 0.2) is 0 Å². The second-order valence-corrected chi connectivity index (χ2v) is 4.66. The zero-order valence-corrected chi connectivity index (χ0v) is 11.3. The van der Waals surface area contributed by atoms with Crippen LogP contribution in [-0.4, -0.2) is 55.6 Å². The summed E-state index contributed by atoms with van der Waals surface area (Å²) in [6.45, 7) is 2.52. The highest BCUT2D eigenvalue weighted by Gasteiger charge is 2.20. The molecule has 1 saturated heterocycles. The Morgan fingerprint density at radius 3 is 2.40 bits per heavy atom. The molecule has 1 amide bonds. The highest BCUT2D eigenvalue weighted by Crippen LogP contribution is 2.17. The molecule has 1 aromatic rings. The third-order valence-electron chi connectivity index (χ3n) is 3.34. The smallest absolute Gasteiger partial charge is 0.407 e. The molecule has 1 N–H and O–H groups in total. The van der Waals surface area contributed by atoms with Crippen LogP contribution in [0, 0.1) is 0 Å². The molecule has 1 heterocycles. The molecular weight excluding hydrogens is 263 g/mol. The standard InChI is InChI=1S/C14H19FN2O3/c15-5-10-20-11-12-1-3-13(4-2-12)16-6-8-17(9-7-16)14(18)19/h1-4H,5-11H2,(H,18,19). The maximum absolute atomic E-state index is 11.9. The number of hydrogen-bond acceptors (Lipinski definition) is 3. The predicted molar refractivity (Wildman–Crippen MR) is 73.9 cm³/mol. The van der Waals surface area contributed by atoms with Gasteiger partial charge in [-0.25, -0.2) is 9.18 Å². The van der Waals surface area contributed by atoms with E-state index in [-0.39, 0.29) is 6.61 Å². The van der Waals surface area contributed by atoms with Crippen LogP contribution in [0.1, 0.15) is 5.56 Å². The van der Waals surface area contributed by atoms with Gasteiger partial charge in [-0.3, -0.25) is 0 Å². The SMILES string of the molecule is O=C(O)N1CCN(c2ccc(COCCF)cc2)CC1. The van der Waals surface area contributed by atoms with Crippen molar-refractivity contribution < 1.29 is 19.0 Å². The average molecular weight is 282 g/mol. The third kappa shape index (κ3) is 3.84. The van der Waals surface area contributed by atoms with Gasteiger partial charge in [0, 0.05) is 31.9 Å². The van der Waals surface area contributed by atoms with E-state index < -0.39 is 12.8 Å². The van der Waals surface area contributed by atoms with Gasteiger partial charge in [-0.15, -0.1) is 0 Å². The first kappa shape index (κ1) is 14.6. The number of hydrogen-bond donors (Lipinski definition) is 1. The molecule has 0 aromatic heterocycles. The van der Waals surface area contributed by atoms with E-state index in [1.807, 2.05) is 24.3 Å². The molecule has 20 heavy (non-hydrogen) atoms. The van der Waals surface area contributed by atoms with Crippen molar-refractivity contribution >= 4 is 11.8 Å². The van der Waals surface area contributed by atoms with Crippen molar-refractivity contribution in [2.75, 3.05) is 44.4 Å². The molecule has 110 valence electrons. The number of halogens is 1. The van der Waals surface area contributed by atoms with Crippen molar-refractivity contribution in [3.05, 3.63) is 29.8 Å². The van der Waals surface area contributed by atoms with Crippen molar-refractivity contribution in [3.63, 3.8) is 0 Å². The first-order valence-corrected chi connectivity index (χ1v) is 6.66. The molecule has 1 aromatic carbocycles. The minimum absolute atomic E-state index is 0.124. The number of rotatable bonds is 5. The van der Waals surface area contributed by atoms with Crippen LogP contribution in [0.15, 0.2) is 24.3 Å². The predicted octanol–water partition coefficient (Wildman–Crippen LogP) is 1.97. The van der Waals surface area contributed by atoms with E-state index in [9.17, 15) is 9.18 Å². The van der Waals surface area contributed by atoms with Gasteiger partial charge in [-0.2, -0.15) is 0 Å². The molecule has 0 saturated carbocycles. The van der Waals surface area contributed by atoms with E-state index in [2.05, 4.69) is 4.90 Å². The van der Waals surface area contributed by atoms with Crippen LogP contribution < -0.4 is 4.90 Å². The van der Waals surface area contributed by atoms with Gasteiger partial charge < -0.3 is 19.6 Å². The number of nitrogens with zero attached hydrogens (tertiary/aromatic N) is 2. The Morgan fingerprint density at radius 2 is 1.85 bits per heavy atom. The summed E-state index contributed by atoms with van der Waals surface area (Å²) >= 11 is 0. The Bertz CT molecular complexity index is 431. The van der Waals surface area contributed by atoms with Gasteiger partial charge in [-0.05, 0) is 17.7 Å². The zero-order valence-electron chi connectivity index (χ0n) is 11.3. The lowest BCUT2D eigenvalue weighted by Gasteiger charge is -2.34. The van der Waals surface area contributed by atoms with Crippen molar-refractivity contribution in [1.82, 2.24) is 4.90 Å². The number of carboxylic acid groups (broad SMARTS) is 1. The van der Waals surface area contributed by atoms with Gasteiger partial charge >= 0.3 is 6.09 Å². The van der Waals surface area contributed by atoms with Crippen LogP contribution in [0.3, 0.4) is 0 Å². The van der Waals surface area contributed by atoms with Crippen molar-refractivity contribution in [3.8, 4) is 0 Å². The highest BCUT2D eigenvalue weighted by molar-refractivity contribution is 5.65. The van der Waals surface area contributed by atoms with E-state index in [4.69, 9.17) is 9.84 Å². The molecule has 2 rings (SSSR count). The van der Waals surface area contributed by atoms with Crippen molar-refractivity contribution in [2.24, 2.45) is 0 Å². The maximum atomic E-state index is 11.9. The van der Waals surface area contributed by atoms with E-state index in [1.165, 1.54) is 4.90 Å². The van der Waals surface area contributed by atoms with Gasteiger partial charge in [0.1, 0.15) is 6.67 Å². The van der Waals surface area contributed by atoms with Gasteiger partial charge in [0.05, 0.1) is 13.2 Å². The van der Waals surface area contributed by atoms with Crippen LogP contribution in [0.25, 0.3) is 0 Å². The molecule has 1 aliphatic heterocycles. The molecule has 0 unspecified atom stereocenters. The Labute approximate surface area is 117 Å². The lowest BCUT2D eigenvalue weighted by atomic mass is 10.2. The van der Waals surface area contributed by atoms with Crippen LogP contribution in [0.4, 0.5) is 14.9 Å². The summed E-state index contributed by atoms with van der Waals surface area (Å²) in [6.07, 6.45) is -0.856. The average Bonchev–Trinajstić information content (AvgIpc) is 2.48. The number of anilines is 1. The Hall–Kier alpha value is -1.82. The first-order valence-electron chi connectivity index (χ1n) is 6.66. The summed E-state index contributed by atoms with van der Waals surface area (Å²) in [6, 6.07) is 7.89. The molecule has 6 heteroatoms. The van der Waals surface area contributed by atoms with Crippen LogP contribution >= 0.6 is 0 Å².